The van der Waals surface area contributed by atoms with Crippen LogP contribution in [-0.2, 0) is 23.9 Å². The lowest BCUT2D eigenvalue weighted by molar-refractivity contribution is -0.216. The van der Waals surface area contributed by atoms with Crippen molar-refractivity contribution in [1.82, 2.24) is 0 Å². The lowest BCUT2D eigenvalue weighted by Crippen LogP contribution is -2.68. The molecule has 0 unspecified atom stereocenters. The van der Waals surface area contributed by atoms with E-state index in [9.17, 15) is 19.5 Å². The maximum atomic E-state index is 13.5. The molecular formula is C33H50O6. The number of carbonyl (C=O) groups excluding carboxylic acids is 3. The molecule has 4 saturated carbocycles. The number of ketones is 1. The van der Waals surface area contributed by atoms with E-state index < -0.39 is 28.5 Å². The number of allylic oxidation sites excluding steroid dienone is 1. The van der Waals surface area contributed by atoms with E-state index in [0.717, 1.165) is 38.5 Å². The van der Waals surface area contributed by atoms with Gasteiger partial charge in [0.05, 0.1) is 18.1 Å². The summed E-state index contributed by atoms with van der Waals surface area (Å²) < 4.78 is 11.1. The average molecular weight is 543 g/mol. The largest absolute Gasteiger partial charge is 0.469 e. The number of aliphatic hydroxyl groups is 1. The summed E-state index contributed by atoms with van der Waals surface area (Å²) in [6, 6.07) is 0. The molecule has 218 valence electrons. The van der Waals surface area contributed by atoms with Gasteiger partial charge in [0.25, 0.3) is 0 Å². The summed E-state index contributed by atoms with van der Waals surface area (Å²) in [5.74, 6) is -0.228. The first-order chi connectivity index (χ1) is 17.9. The molecule has 39 heavy (non-hydrogen) atoms. The third-order valence-corrected chi connectivity index (χ3v) is 13.6. The standard InChI is InChI=1S/C33H50O6/c1-19-12-15-33(27(36)38-9)17-16-30(6)21(25(33)32(19,8)37)10-11-24-29(5)18-22(39-20(2)34)26(35)28(3,4)23(29)13-14-31(24,30)7/h10,19,22-25,37H,11-18H2,1-9H3/t19-,22-,23+,24-,25-,29+,30-,31-,32-,33+/m1/s1. The SMILES string of the molecule is COC(=O)[C@]12CC[C@@H](C)[C@@](C)(O)[C@H]1C1=CC[C@@H]3[C@@]4(C)C[C@@H](OC(C)=O)C(=O)C(C)(C)[C@@H]4CC[C@@]3(C)[C@]1(C)CC2. The Morgan fingerprint density at radius 1 is 0.974 bits per heavy atom. The van der Waals surface area contributed by atoms with E-state index in [-0.39, 0.29) is 45.8 Å². The highest BCUT2D eigenvalue weighted by molar-refractivity contribution is 5.91. The number of hydrogen-bond donors (Lipinski definition) is 1. The van der Waals surface area contributed by atoms with E-state index in [1.807, 2.05) is 20.8 Å². The highest BCUT2D eigenvalue weighted by atomic mass is 16.5. The fraction of sp³-hybridized carbons (Fsp3) is 0.848. The van der Waals surface area contributed by atoms with Crippen LogP contribution in [0.1, 0.15) is 107 Å². The topological polar surface area (TPSA) is 89.9 Å². The molecule has 0 heterocycles. The third kappa shape index (κ3) is 3.51. The smallest absolute Gasteiger partial charge is 0.312 e. The van der Waals surface area contributed by atoms with Gasteiger partial charge in [0.15, 0.2) is 11.9 Å². The van der Waals surface area contributed by atoms with Crippen LogP contribution in [0.25, 0.3) is 0 Å². The fourth-order valence-corrected chi connectivity index (χ4v) is 11.3. The van der Waals surface area contributed by atoms with Crippen LogP contribution < -0.4 is 0 Å². The normalized spacial score (nSPS) is 50.4. The van der Waals surface area contributed by atoms with E-state index in [2.05, 4.69) is 33.8 Å². The van der Waals surface area contributed by atoms with Crippen molar-refractivity contribution in [2.75, 3.05) is 7.11 Å². The van der Waals surface area contributed by atoms with Crippen LogP contribution in [0.5, 0.6) is 0 Å². The first kappa shape index (κ1) is 28.8. The maximum Gasteiger partial charge on any atom is 0.312 e. The van der Waals surface area contributed by atoms with Gasteiger partial charge >= 0.3 is 11.9 Å². The number of carbonyl (C=O) groups is 3. The lowest BCUT2D eigenvalue weighted by Gasteiger charge is -2.71. The molecule has 0 amide bonds. The van der Waals surface area contributed by atoms with Gasteiger partial charge in [-0.05, 0) is 92.3 Å². The molecule has 0 aromatic carbocycles. The summed E-state index contributed by atoms with van der Waals surface area (Å²) in [5, 5.41) is 12.1. The van der Waals surface area contributed by atoms with Gasteiger partial charge in [-0.1, -0.05) is 53.2 Å². The van der Waals surface area contributed by atoms with E-state index >= 15 is 0 Å². The number of rotatable bonds is 2. The van der Waals surface area contributed by atoms with Crippen molar-refractivity contribution < 1.29 is 29.0 Å². The van der Waals surface area contributed by atoms with E-state index in [4.69, 9.17) is 9.47 Å². The third-order valence-electron chi connectivity index (χ3n) is 13.6. The monoisotopic (exact) mass is 542 g/mol. The molecule has 0 aromatic heterocycles. The second kappa shape index (κ2) is 8.66. The van der Waals surface area contributed by atoms with Crippen molar-refractivity contribution in [3.05, 3.63) is 11.6 Å². The second-order valence-corrected chi connectivity index (χ2v) is 15.4. The summed E-state index contributed by atoms with van der Waals surface area (Å²) in [6.45, 7) is 16.7. The Morgan fingerprint density at radius 2 is 1.64 bits per heavy atom. The maximum absolute atomic E-state index is 13.5. The Labute approximate surface area is 234 Å². The minimum Gasteiger partial charge on any atom is -0.469 e. The van der Waals surface area contributed by atoms with Crippen molar-refractivity contribution in [3.8, 4) is 0 Å². The number of ether oxygens (including phenoxy) is 2. The van der Waals surface area contributed by atoms with E-state index in [0.29, 0.717) is 18.8 Å². The molecule has 6 heteroatoms. The molecule has 0 radical (unpaired) electrons. The Balaban J connectivity index is 1.64. The van der Waals surface area contributed by atoms with Gasteiger partial charge in [0, 0.05) is 18.3 Å². The zero-order valence-electron chi connectivity index (χ0n) is 25.6. The summed E-state index contributed by atoms with van der Waals surface area (Å²) in [6.07, 6.45) is 8.14. The lowest BCUT2D eigenvalue weighted by atomic mass is 9.33. The van der Waals surface area contributed by atoms with Crippen LogP contribution in [0.3, 0.4) is 0 Å². The molecule has 0 saturated heterocycles. The molecule has 0 aromatic rings. The molecule has 5 rings (SSSR count). The van der Waals surface area contributed by atoms with Crippen LogP contribution >= 0.6 is 0 Å². The summed E-state index contributed by atoms with van der Waals surface area (Å²) >= 11 is 0. The van der Waals surface area contributed by atoms with E-state index in [1.54, 1.807) is 0 Å². The highest BCUT2D eigenvalue weighted by Crippen LogP contribution is 2.76. The minimum atomic E-state index is -1.01. The van der Waals surface area contributed by atoms with Gasteiger partial charge in [-0.2, -0.15) is 0 Å². The molecule has 5 aliphatic carbocycles. The van der Waals surface area contributed by atoms with Crippen LogP contribution in [0.15, 0.2) is 11.6 Å². The highest BCUT2D eigenvalue weighted by Gasteiger charge is 2.72. The molecule has 4 fully saturated rings. The Hall–Kier alpha value is -1.69. The molecular weight excluding hydrogens is 492 g/mol. The summed E-state index contributed by atoms with van der Waals surface area (Å²) in [5.41, 5.74) is -1.50. The number of Topliss-reactive ketones (excluding diaryl/α,β-unsaturated/α-hetero) is 1. The van der Waals surface area contributed by atoms with E-state index in [1.165, 1.54) is 19.6 Å². The summed E-state index contributed by atoms with van der Waals surface area (Å²) in [7, 11) is 1.48. The van der Waals surface area contributed by atoms with Crippen LogP contribution in [0.4, 0.5) is 0 Å². The van der Waals surface area contributed by atoms with Gasteiger partial charge < -0.3 is 14.6 Å². The Bertz CT molecular complexity index is 1120. The molecule has 1 N–H and O–H groups in total. The first-order valence-corrected chi connectivity index (χ1v) is 15.2. The quantitative estimate of drug-likeness (QED) is 0.338. The van der Waals surface area contributed by atoms with Crippen molar-refractivity contribution in [2.45, 2.75) is 118 Å². The number of fused-ring (bicyclic) bond motifs is 7. The van der Waals surface area contributed by atoms with Crippen molar-refractivity contribution in [2.24, 2.45) is 50.7 Å². The number of methoxy groups -OCH3 is 1. The van der Waals surface area contributed by atoms with Gasteiger partial charge in [0.2, 0.25) is 0 Å². The number of esters is 2. The number of hydrogen-bond acceptors (Lipinski definition) is 6. The average Bonchev–Trinajstić information content (AvgIpc) is 2.84. The van der Waals surface area contributed by atoms with Gasteiger partial charge in [-0.3, -0.25) is 14.4 Å². The zero-order chi connectivity index (χ0) is 29.0. The predicted octanol–water partition coefficient (Wildman–Crippen LogP) is 6.04. The zero-order valence-corrected chi connectivity index (χ0v) is 25.6. The fourth-order valence-electron chi connectivity index (χ4n) is 11.3. The van der Waals surface area contributed by atoms with Crippen molar-refractivity contribution >= 4 is 17.7 Å². The van der Waals surface area contributed by atoms with Gasteiger partial charge in [-0.15, -0.1) is 0 Å². The predicted molar refractivity (Wildman–Crippen MR) is 148 cm³/mol. The molecule has 5 aliphatic rings. The van der Waals surface area contributed by atoms with Crippen molar-refractivity contribution in [3.63, 3.8) is 0 Å². The van der Waals surface area contributed by atoms with Crippen LogP contribution in [0.2, 0.25) is 0 Å². The van der Waals surface area contributed by atoms with Crippen molar-refractivity contribution in [1.29, 1.82) is 0 Å². The van der Waals surface area contributed by atoms with Crippen LogP contribution in [-0.4, -0.2) is 41.6 Å². The van der Waals surface area contributed by atoms with Gasteiger partial charge in [0.1, 0.15) is 0 Å². The minimum absolute atomic E-state index is 0.0507. The Morgan fingerprint density at radius 3 is 2.26 bits per heavy atom. The second-order valence-electron chi connectivity index (χ2n) is 15.4. The van der Waals surface area contributed by atoms with Gasteiger partial charge in [-0.25, -0.2) is 0 Å². The molecule has 0 spiro atoms. The molecule has 10 atom stereocenters. The van der Waals surface area contributed by atoms with Crippen LogP contribution in [0, 0.1) is 50.7 Å². The molecule has 6 nitrogen and oxygen atoms in total. The Kier molecular flexibility index (Phi) is 6.40. The first-order valence-electron chi connectivity index (χ1n) is 15.2. The summed E-state index contributed by atoms with van der Waals surface area (Å²) in [4.78, 5) is 39.0. The molecule has 0 bridgehead atoms. The molecule has 0 aliphatic heterocycles.